The zero-order valence-corrected chi connectivity index (χ0v) is 15.1. The van der Waals surface area contributed by atoms with Gasteiger partial charge in [-0.2, -0.15) is 4.98 Å². The molecule has 1 aliphatic rings. The number of halogens is 1. The van der Waals surface area contributed by atoms with E-state index in [4.69, 9.17) is 16.1 Å². The molecule has 130 valence electrons. The monoisotopic (exact) mass is 350 g/mol. The number of nitrogens with zero attached hydrogens (tertiary/aromatic N) is 6. The first-order chi connectivity index (χ1) is 11.5. The summed E-state index contributed by atoms with van der Waals surface area (Å²) in [5, 5.41) is 4.58. The minimum atomic E-state index is 0.293. The van der Waals surface area contributed by atoms with E-state index >= 15 is 0 Å². The van der Waals surface area contributed by atoms with Gasteiger partial charge in [-0.15, -0.1) is 0 Å². The van der Waals surface area contributed by atoms with Crippen LogP contribution in [0.3, 0.4) is 0 Å². The first-order valence-corrected chi connectivity index (χ1v) is 8.66. The van der Waals surface area contributed by atoms with Crippen LogP contribution in [0.4, 0.5) is 5.95 Å². The highest BCUT2D eigenvalue weighted by Gasteiger charge is 2.25. The van der Waals surface area contributed by atoms with Crippen molar-refractivity contribution < 1.29 is 4.52 Å². The van der Waals surface area contributed by atoms with Crippen molar-refractivity contribution in [3.63, 3.8) is 0 Å². The molecule has 1 fully saturated rings. The molecule has 0 radical (unpaired) electrons. The summed E-state index contributed by atoms with van der Waals surface area (Å²) in [7, 11) is 2.04. The second kappa shape index (κ2) is 7.44. The molecule has 0 N–H and O–H groups in total. The lowest BCUT2D eigenvalue weighted by Crippen LogP contribution is -2.43. The summed E-state index contributed by atoms with van der Waals surface area (Å²) in [6, 6.07) is 0.427. The van der Waals surface area contributed by atoms with Crippen LogP contribution < -0.4 is 4.90 Å². The summed E-state index contributed by atoms with van der Waals surface area (Å²) in [5.41, 5.74) is 0. The fraction of sp³-hybridized carbons (Fsp3) is 0.625. The summed E-state index contributed by atoms with van der Waals surface area (Å²) in [6.45, 7) is 6.82. The first kappa shape index (κ1) is 17.1. The molecule has 0 amide bonds. The van der Waals surface area contributed by atoms with E-state index < -0.39 is 0 Å². The third kappa shape index (κ3) is 4.02. The van der Waals surface area contributed by atoms with Crippen LogP contribution in [0.15, 0.2) is 16.9 Å². The Balaban J connectivity index is 1.52. The largest absolute Gasteiger partial charge is 0.341 e. The SMILES string of the molecule is CC(C)c1noc(CN2CCC(N(C)c3ncc(Cl)cn3)CC2)n1. The lowest BCUT2D eigenvalue weighted by Gasteiger charge is -2.36. The Morgan fingerprint density at radius 1 is 1.29 bits per heavy atom. The van der Waals surface area contributed by atoms with Gasteiger partial charge in [-0.3, -0.25) is 4.90 Å². The molecule has 3 rings (SSSR count). The van der Waals surface area contributed by atoms with Crippen LogP contribution in [0.2, 0.25) is 5.02 Å². The molecule has 0 bridgehead atoms. The van der Waals surface area contributed by atoms with Crippen molar-refractivity contribution >= 4 is 17.5 Å². The van der Waals surface area contributed by atoms with Gasteiger partial charge < -0.3 is 9.42 Å². The van der Waals surface area contributed by atoms with Gasteiger partial charge in [0, 0.05) is 32.1 Å². The van der Waals surface area contributed by atoms with Gasteiger partial charge in [0.2, 0.25) is 11.8 Å². The molecule has 0 spiro atoms. The molecule has 0 aliphatic carbocycles. The smallest absolute Gasteiger partial charge is 0.240 e. The van der Waals surface area contributed by atoms with Gasteiger partial charge in [0.1, 0.15) is 0 Å². The van der Waals surface area contributed by atoms with Crippen molar-refractivity contribution in [3.05, 3.63) is 29.1 Å². The maximum absolute atomic E-state index is 5.85. The molecular weight excluding hydrogens is 328 g/mol. The van der Waals surface area contributed by atoms with E-state index in [0.717, 1.165) is 37.7 Å². The van der Waals surface area contributed by atoms with Gasteiger partial charge in [0.15, 0.2) is 5.82 Å². The van der Waals surface area contributed by atoms with E-state index in [1.807, 2.05) is 7.05 Å². The van der Waals surface area contributed by atoms with Gasteiger partial charge in [-0.25, -0.2) is 9.97 Å². The third-order valence-electron chi connectivity index (χ3n) is 4.39. The molecule has 3 heterocycles. The van der Waals surface area contributed by atoms with Crippen molar-refractivity contribution in [2.75, 3.05) is 25.0 Å². The van der Waals surface area contributed by atoms with Gasteiger partial charge in [0.25, 0.3) is 0 Å². The molecule has 0 aromatic carbocycles. The summed E-state index contributed by atoms with van der Waals surface area (Å²) < 4.78 is 5.34. The molecule has 2 aromatic heterocycles. The second-order valence-corrected chi connectivity index (χ2v) is 6.96. The van der Waals surface area contributed by atoms with Crippen molar-refractivity contribution in [2.24, 2.45) is 0 Å². The van der Waals surface area contributed by atoms with E-state index in [2.05, 4.69) is 43.8 Å². The maximum atomic E-state index is 5.85. The standard InChI is InChI=1S/C16H23ClN6O/c1-11(2)15-20-14(24-21-15)10-23-6-4-13(5-7-23)22(3)16-18-8-12(17)9-19-16/h8-9,11,13H,4-7,10H2,1-3H3. The minimum absolute atomic E-state index is 0.293. The second-order valence-electron chi connectivity index (χ2n) is 6.52. The zero-order valence-electron chi connectivity index (χ0n) is 14.3. The molecule has 1 saturated heterocycles. The average Bonchev–Trinajstić information content (AvgIpc) is 3.04. The third-order valence-corrected chi connectivity index (χ3v) is 4.58. The molecule has 0 atom stereocenters. The highest BCUT2D eigenvalue weighted by atomic mass is 35.5. The fourth-order valence-corrected chi connectivity index (χ4v) is 2.97. The summed E-state index contributed by atoms with van der Waals surface area (Å²) in [6.07, 6.45) is 5.37. The number of likely N-dealkylation sites (tertiary alicyclic amines) is 1. The molecule has 0 unspecified atom stereocenters. The Morgan fingerprint density at radius 2 is 1.96 bits per heavy atom. The Morgan fingerprint density at radius 3 is 2.54 bits per heavy atom. The zero-order chi connectivity index (χ0) is 17.1. The number of anilines is 1. The number of piperidine rings is 1. The van der Waals surface area contributed by atoms with Crippen molar-refractivity contribution in [1.29, 1.82) is 0 Å². The van der Waals surface area contributed by atoms with E-state index in [9.17, 15) is 0 Å². The Labute approximate surface area is 147 Å². The van der Waals surface area contributed by atoms with Crippen molar-refractivity contribution in [1.82, 2.24) is 25.0 Å². The molecule has 24 heavy (non-hydrogen) atoms. The fourth-order valence-electron chi connectivity index (χ4n) is 2.87. The van der Waals surface area contributed by atoms with Gasteiger partial charge in [0.05, 0.1) is 24.0 Å². The van der Waals surface area contributed by atoms with Gasteiger partial charge in [-0.1, -0.05) is 30.6 Å². The van der Waals surface area contributed by atoms with Gasteiger partial charge in [-0.05, 0) is 12.8 Å². The van der Waals surface area contributed by atoms with E-state index in [1.54, 1.807) is 12.4 Å². The molecule has 8 heteroatoms. The van der Waals surface area contributed by atoms with Crippen molar-refractivity contribution in [3.8, 4) is 0 Å². The van der Waals surface area contributed by atoms with Crippen LogP contribution in [0.25, 0.3) is 0 Å². The molecule has 2 aromatic rings. The predicted molar refractivity (Wildman–Crippen MR) is 92.1 cm³/mol. The maximum Gasteiger partial charge on any atom is 0.240 e. The lowest BCUT2D eigenvalue weighted by atomic mass is 10.0. The summed E-state index contributed by atoms with van der Waals surface area (Å²) in [4.78, 5) is 17.5. The quantitative estimate of drug-likeness (QED) is 0.820. The minimum Gasteiger partial charge on any atom is -0.341 e. The number of hydrogen-bond donors (Lipinski definition) is 0. The number of aromatic nitrogens is 4. The first-order valence-electron chi connectivity index (χ1n) is 8.28. The summed E-state index contributed by atoms with van der Waals surface area (Å²) >= 11 is 5.85. The van der Waals surface area contributed by atoms with Crippen LogP contribution in [0.1, 0.15) is 44.3 Å². The Kier molecular flexibility index (Phi) is 5.30. The van der Waals surface area contributed by atoms with E-state index in [1.165, 1.54) is 0 Å². The van der Waals surface area contributed by atoms with Gasteiger partial charge >= 0.3 is 0 Å². The van der Waals surface area contributed by atoms with Crippen LogP contribution in [-0.4, -0.2) is 51.2 Å². The van der Waals surface area contributed by atoms with Crippen LogP contribution in [0, 0.1) is 0 Å². The number of hydrogen-bond acceptors (Lipinski definition) is 7. The van der Waals surface area contributed by atoms with Crippen LogP contribution in [-0.2, 0) is 6.54 Å². The molecular formula is C16H23ClN6O. The van der Waals surface area contributed by atoms with Crippen molar-refractivity contribution in [2.45, 2.75) is 45.2 Å². The topological polar surface area (TPSA) is 71.2 Å². The van der Waals surface area contributed by atoms with E-state index in [-0.39, 0.29) is 0 Å². The predicted octanol–water partition coefficient (Wildman–Crippen LogP) is 2.74. The van der Waals surface area contributed by atoms with Crippen LogP contribution >= 0.6 is 11.6 Å². The average molecular weight is 351 g/mol. The Hall–Kier alpha value is -1.73. The normalized spacial score (nSPS) is 16.7. The lowest BCUT2D eigenvalue weighted by molar-refractivity contribution is 0.179. The van der Waals surface area contributed by atoms with Crippen LogP contribution in [0.5, 0.6) is 0 Å². The highest BCUT2D eigenvalue weighted by molar-refractivity contribution is 6.30. The molecule has 1 aliphatic heterocycles. The highest BCUT2D eigenvalue weighted by Crippen LogP contribution is 2.21. The molecule has 0 saturated carbocycles. The Bertz CT molecular complexity index is 651. The van der Waals surface area contributed by atoms with E-state index in [0.29, 0.717) is 29.4 Å². The molecule has 7 nitrogen and oxygen atoms in total. The summed E-state index contributed by atoms with van der Waals surface area (Å²) in [5.74, 6) is 2.49. The number of rotatable bonds is 5.